The highest BCUT2D eigenvalue weighted by Crippen LogP contribution is 2.41. The smallest absolute Gasteiger partial charge is 0.387 e. The second kappa shape index (κ2) is 8.35. The van der Waals surface area contributed by atoms with E-state index in [0.717, 1.165) is 0 Å². The molecule has 0 spiro atoms. The number of nitrogens with zero attached hydrogens (tertiary/aromatic N) is 2. The number of alkyl halides is 2. The number of nitrogens with two attached hydrogens (primary N) is 1. The van der Waals surface area contributed by atoms with E-state index in [4.69, 9.17) is 10.5 Å². The van der Waals surface area contributed by atoms with Gasteiger partial charge in [0.05, 0.1) is 6.61 Å². The molecule has 2 aromatic carbocycles. The van der Waals surface area contributed by atoms with Crippen molar-refractivity contribution in [3.63, 3.8) is 0 Å². The van der Waals surface area contributed by atoms with E-state index in [9.17, 15) is 18.0 Å². The standard InChI is InChI=1S/C21H22F3N3O3/c1-4-12-9-15(6-8-17(12)30-19(23)24)21(18(28)27(2)20(25)26-21)14-5-7-16(22)13(10-14)11-29-3/h5-10,19H,4,11H2,1-3H3,(H2,25,26)/t21-/m0/s1. The second-order valence-corrected chi connectivity index (χ2v) is 6.84. The molecule has 0 unspecified atom stereocenters. The molecule has 0 fully saturated rings. The van der Waals surface area contributed by atoms with Gasteiger partial charge in [0.1, 0.15) is 11.6 Å². The molecule has 6 nitrogen and oxygen atoms in total. The third kappa shape index (κ3) is 3.60. The fourth-order valence-electron chi connectivity index (χ4n) is 3.54. The Labute approximate surface area is 172 Å². The lowest BCUT2D eigenvalue weighted by Crippen LogP contribution is -2.41. The van der Waals surface area contributed by atoms with Gasteiger partial charge < -0.3 is 15.2 Å². The predicted octanol–water partition coefficient (Wildman–Crippen LogP) is 3.17. The van der Waals surface area contributed by atoms with Gasteiger partial charge in [0.2, 0.25) is 0 Å². The first-order valence-corrected chi connectivity index (χ1v) is 9.24. The van der Waals surface area contributed by atoms with Gasteiger partial charge in [-0.05, 0) is 47.4 Å². The Morgan fingerprint density at radius 3 is 2.33 bits per heavy atom. The lowest BCUT2D eigenvalue weighted by atomic mass is 9.81. The Morgan fingerprint density at radius 2 is 1.80 bits per heavy atom. The van der Waals surface area contributed by atoms with Crippen LogP contribution in [0.15, 0.2) is 41.4 Å². The molecule has 0 saturated carbocycles. The Hall–Kier alpha value is -3.07. The summed E-state index contributed by atoms with van der Waals surface area (Å²) in [5.41, 5.74) is 5.88. The summed E-state index contributed by atoms with van der Waals surface area (Å²) in [6.07, 6.45) is 0.382. The van der Waals surface area contributed by atoms with E-state index in [0.29, 0.717) is 23.1 Å². The van der Waals surface area contributed by atoms with Crippen molar-refractivity contribution < 1.29 is 27.4 Å². The molecule has 0 saturated heterocycles. The maximum Gasteiger partial charge on any atom is 0.387 e. The number of likely N-dealkylation sites (N-methyl/N-ethyl adjacent to an activating group) is 1. The first-order valence-electron chi connectivity index (χ1n) is 9.24. The van der Waals surface area contributed by atoms with Gasteiger partial charge in [0.15, 0.2) is 11.5 Å². The van der Waals surface area contributed by atoms with Gasteiger partial charge in [0, 0.05) is 19.7 Å². The summed E-state index contributed by atoms with van der Waals surface area (Å²) in [7, 11) is 2.92. The van der Waals surface area contributed by atoms with Crippen LogP contribution in [0.2, 0.25) is 0 Å². The summed E-state index contributed by atoms with van der Waals surface area (Å²) in [5.74, 6) is -0.925. The summed E-state index contributed by atoms with van der Waals surface area (Å²) in [4.78, 5) is 19.0. The fraction of sp³-hybridized carbons (Fsp3) is 0.333. The summed E-state index contributed by atoms with van der Waals surface area (Å²) >= 11 is 0. The van der Waals surface area contributed by atoms with E-state index in [1.165, 1.54) is 49.4 Å². The summed E-state index contributed by atoms with van der Waals surface area (Å²) in [6.45, 7) is -1.20. The highest BCUT2D eigenvalue weighted by molar-refractivity contribution is 6.09. The Balaban J connectivity index is 2.24. The van der Waals surface area contributed by atoms with Crippen molar-refractivity contribution in [3.8, 4) is 5.75 Å². The molecule has 2 aromatic rings. The zero-order chi connectivity index (χ0) is 22.1. The number of carbonyl (C=O) groups is 1. The Morgan fingerprint density at radius 1 is 1.17 bits per heavy atom. The number of methoxy groups -OCH3 is 1. The quantitative estimate of drug-likeness (QED) is 0.745. The highest BCUT2D eigenvalue weighted by atomic mass is 19.3. The molecule has 1 aliphatic rings. The molecule has 1 amide bonds. The number of halogens is 3. The number of aryl methyl sites for hydroxylation is 1. The van der Waals surface area contributed by atoms with Crippen LogP contribution in [0.1, 0.15) is 29.2 Å². The molecule has 9 heteroatoms. The van der Waals surface area contributed by atoms with Crippen molar-refractivity contribution in [1.29, 1.82) is 0 Å². The van der Waals surface area contributed by atoms with E-state index in [1.807, 2.05) is 0 Å². The van der Waals surface area contributed by atoms with Gasteiger partial charge >= 0.3 is 6.61 Å². The summed E-state index contributed by atoms with van der Waals surface area (Å²) in [6, 6.07) is 8.64. The lowest BCUT2D eigenvalue weighted by molar-refractivity contribution is -0.129. The molecular weight excluding hydrogens is 399 g/mol. The molecular formula is C21H22F3N3O3. The normalized spacial score (nSPS) is 18.8. The number of aliphatic imine (C=N–C) groups is 1. The number of hydrogen-bond donors (Lipinski definition) is 1. The maximum absolute atomic E-state index is 14.2. The average Bonchev–Trinajstić information content (AvgIpc) is 2.94. The second-order valence-electron chi connectivity index (χ2n) is 6.84. The molecule has 1 aliphatic heterocycles. The van der Waals surface area contributed by atoms with Crippen LogP contribution in [0.25, 0.3) is 0 Å². The fourth-order valence-corrected chi connectivity index (χ4v) is 3.54. The van der Waals surface area contributed by atoms with Crippen molar-refractivity contribution in [2.75, 3.05) is 14.2 Å². The summed E-state index contributed by atoms with van der Waals surface area (Å²) < 4.78 is 49.3. The van der Waals surface area contributed by atoms with Crippen molar-refractivity contribution in [2.24, 2.45) is 10.7 Å². The topological polar surface area (TPSA) is 77.2 Å². The van der Waals surface area contributed by atoms with Crippen LogP contribution in [0.4, 0.5) is 13.2 Å². The van der Waals surface area contributed by atoms with Gasteiger partial charge in [-0.2, -0.15) is 8.78 Å². The van der Waals surface area contributed by atoms with Crippen molar-refractivity contribution >= 4 is 11.9 Å². The van der Waals surface area contributed by atoms with Crippen LogP contribution in [0.3, 0.4) is 0 Å². The molecule has 2 N–H and O–H groups in total. The Kier molecular flexibility index (Phi) is 6.02. The molecule has 0 aromatic heterocycles. The molecule has 1 heterocycles. The number of rotatable bonds is 7. The largest absolute Gasteiger partial charge is 0.435 e. The number of benzene rings is 2. The van der Waals surface area contributed by atoms with Gasteiger partial charge in [-0.3, -0.25) is 9.69 Å². The molecule has 160 valence electrons. The van der Waals surface area contributed by atoms with Crippen molar-refractivity contribution in [1.82, 2.24) is 4.90 Å². The van der Waals surface area contributed by atoms with Crippen LogP contribution in [-0.4, -0.2) is 37.5 Å². The molecule has 0 aliphatic carbocycles. The van der Waals surface area contributed by atoms with Crippen LogP contribution < -0.4 is 10.5 Å². The van der Waals surface area contributed by atoms with Crippen LogP contribution in [0.5, 0.6) is 5.75 Å². The molecule has 1 atom stereocenters. The predicted molar refractivity (Wildman–Crippen MR) is 105 cm³/mol. The lowest BCUT2D eigenvalue weighted by Gasteiger charge is -2.27. The number of amides is 1. The third-order valence-electron chi connectivity index (χ3n) is 5.08. The van der Waals surface area contributed by atoms with Gasteiger partial charge in [-0.15, -0.1) is 0 Å². The first-order chi connectivity index (χ1) is 14.2. The van der Waals surface area contributed by atoms with Crippen LogP contribution in [-0.2, 0) is 28.1 Å². The molecule has 0 bridgehead atoms. The van der Waals surface area contributed by atoms with Gasteiger partial charge in [-0.25, -0.2) is 9.38 Å². The van der Waals surface area contributed by atoms with E-state index in [2.05, 4.69) is 9.73 Å². The monoisotopic (exact) mass is 421 g/mol. The van der Waals surface area contributed by atoms with E-state index in [-0.39, 0.29) is 23.9 Å². The number of hydrogen-bond acceptors (Lipinski definition) is 5. The van der Waals surface area contributed by atoms with Crippen molar-refractivity contribution in [2.45, 2.75) is 32.1 Å². The summed E-state index contributed by atoms with van der Waals surface area (Å²) in [5, 5.41) is 0. The molecule has 30 heavy (non-hydrogen) atoms. The maximum atomic E-state index is 14.2. The molecule has 3 rings (SSSR count). The highest BCUT2D eigenvalue weighted by Gasteiger charge is 2.50. The Bertz CT molecular complexity index is 997. The minimum atomic E-state index is -2.98. The third-order valence-corrected chi connectivity index (χ3v) is 5.08. The van der Waals surface area contributed by atoms with Gasteiger partial charge in [0.25, 0.3) is 5.91 Å². The first kappa shape index (κ1) is 21.6. The number of carbonyl (C=O) groups excluding carboxylic acids is 1. The van der Waals surface area contributed by atoms with E-state index >= 15 is 0 Å². The van der Waals surface area contributed by atoms with Crippen LogP contribution >= 0.6 is 0 Å². The zero-order valence-corrected chi connectivity index (χ0v) is 16.8. The van der Waals surface area contributed by atoms with Crippen LogP contribution in [0, 0.1) is 5.82 Å². The van der Waals surface area contributed by atoms with E-state index < -0.39 is 23.9 Å². The SMILES string of the molecule is CCc1cc([C@]2(c3ccc(F)c(COC)c3)N=C(N)N(C)C2=O)ccc1OC(F)F. The number of ether oxygens (including phenoxy) is 2. The number of guanidine groups is 1. The molecule has 0 radical (unpaired) electrons. The van der Waals surface area contributed by atoms with Gasteiger partial charge in [-0.1, -0.05) is 19.1 Å². The minimum absolute atomic E-state index is 0.000353. The average molecular weight is 421 g/mol. The van der Waals surface area contributed by atoms with Crippen molar-refractivity contribution in [3.05, 3.63) is 64.5 Å². The van der Waals surface area contributed by atoms with E-state index in [1.54, 1.807) is 13.0 Å². The minimum Gasteiger partial charge on any atom is -0.435 e. The zero-order valence-electron chi connectivity index (χ0n) is 16.8.